The molecule has 134 valence electrons. The standard InChI is InChI=1S/C19H24N2O3S/c1-12-10-17(15(4)25-12)13(2)20-18(22)14(3)21-19(23)24-11-16-8-6-5-7-9-16/h5-10,13-14H,11H2,1-4H3,(H,20,22)(H,21,23). The van der Waals surface area contributed by atoms with Gasteiger partial charge in [0.25, 0.3) is 0 Å². The average Bonchev–Trinajstić information content (AvgIpc) is 2.92. The summed E-state index contributed by atoms with van der Waals surface area (Å²) in [6.45, 7) is 7.83. The van der Waals surface area contributed by atoms with Crippen molar-refractivity contribution in [3.8, 4) is 0 Å². The van der Waals surface area contributed by atoms with Crippen molar-refractivity contribution in [1.82, 2.24) is 10.6 Å². The molecule has 2 rings (SSSR count). The molecule has 0 aliphatic rings. The van der Waals surface area contributed by atoms with Crippen LogP contribution < -0.4 is 10.6 Å². The van der Waals surface area contributed by atoms with Crippen LogP contribution in [0, 0.1) is 13.8 Å². The summed E-state index contributed by atoms with van der Waals surface area (Å²) < 4.78 is 5.13. The van der Waals surface area contributed by atoms with Crippen LogP contribution in [0.15, 0.2) is 36.4 Å². The van der Waals surface area contributed by atoms with Gasteiger partial charge >= 0.3 is 6.09 Å². The molecule has 0 saturated heterocycles. The maximum Gasteiger partial charge on any atom is 0.408 e. The monoisotopic (exact) mass is 360 g/mol. The molecule has 0 bridgehead atoms. The topological polar surface area (TPSA) is 67.4 Å². The van der Waals surface area contributed by atoms with Crippen molar-refractivity contribution in [3.05, 3.63) is 57.3 Å². The molecule has 1 aromatic heterocycles. The molecular formula is C19H24N2O3S. The Balaban J connectivity index is 1.81. The Labute approximate surface area is 152 Å². The molecule has 0 fully saturated rings. The number of thiophene rings is 1. The van der Waals surface area contributed by atoms with Crippen LogP contribution in [-0.2, 0) is 16.1 Å². The number of hydrogen-bond acceptors (Lipinski definition) is 4. The molecule has 6 heteroatoms. The predicted octanol–water partition coefficient (Wildman–Crippen LogP) is 3.86. The van der Waals surface area contributed by atoms with E-state index in [0.717, 1.165) is 11.1 Å². The van der Waals surface area contributed by atoms with Gasteiger partial charge in [-0.1, -0.05) is 30.3 Å². The van der Waals surface area contributed by atoms with Crippen LogP contribution >= 0.6 is 11.3 Å². The van der Waals surface area contributed by atoms with Crippen molar-refractivity contribution in [2.75, 3.05) is 0 Å². The van der Waals surface area contributed by atoms with Crippen molar-refractivity contribution < 1.29 is 14.3 Å². The Kier molecular flexibility index (Phi) is 6.58. The van der Waals surface area contributed by atoms with E-state index in [1.807, 2.05) is 51.1 Å². The summed E-state index contributed by atoms with van der Waals surface area (Å²) >= 11 is 1.71. The molecule has 25 heavy (non-hydrogen) atoms. The van der Waals surface area contributed by atoms with Crippen LogP contribution in [0.4, 0.5) is 4.79 Å². The SMILES string of the molecule is Cc1cc(C(C)NC(=O)C(C)NC(=O)OCc2ccccc2)c(C)s1. The van der Waals surface area contributed by atoms with Gasteiger partial charge in [-0.2, -0.15) is 0 Å². The first kappa shape index (κ1) is 19.0. The van der Waals surface area contributed by atoms with Gasteiger partial charge in [-0.3, -0.25) is 4.79 Å². The van der Waals surface area contributed by atoms with E-state index in [0.29, 0.717) is 0 Å². The van der Waals surface area contributed by atoms with Crippen LogP contribution in [-0.4, -0.2) is 18.0 Å². The van der Waals surface area contributed by atoms with Crippen molar-refractivity contribution in [2.24, 2.45) is 0 Å². The lowest BCUT2D eigenvalue weighted by atomic mass is 10.1. The third-order valence-corrected chi connectivity index (χ3v) is 4.83. The van der Waals surface area contributed by atoms with E-state index in [9.17, 15) is 9.59 Å². The second-order valence-electron chi connectivity index (χ2n) is 6.03. The summed E-state index contributed by atoms with van der Waals surface area (Å²) in [7, 11) is 0. The molecular weight excluding hydrogens is 336 g/mol. The quantitative estimate of drug-likeness (QED) is 0.822. The van der Waals surface area contributed by atoms with Gasteiger partial charge in [0.05, 0.1) is 6.04 Å². The van der Waals surface area contributed by atoms with E-state index >= 15 is 0 Å². The van der Waals surface area contributed by atoms with Gasteiger partial charge < -0.3 is 15.4 Å². The number of amides is 2. The van der Waals surface area contributed by atoms with Crippen molar-refractivity contribution in [2.45, 2.75) is 46.4 Å². The minimum atomic E-state index is -0.675. The van der Waals surface area contributed by atoms with Crippen LogP contribution in [0.3, 0.4) is 0 Å². The van der Waals surface area contributed by atoms with E-state index < -0.39 is 12.1 Å². The number of alkyl carbamates (subject to hydrolysis) is 1. The van der Waals surface area contributed by atoms with E-state index in [1.54, 1.807) is 18.3 Å². The van der Waals surface area contributed by atoms with Crippen molar-refractivity contribution >= 4 is 23.3 Å². The second-order valence-corrected chi connectivity index (χ2v) is 7.49. The summed E-state index contributed by atoms with van der Waals surface area (Å²) in [6.07, 6.45) is -0.610. The highest BCUT2D eigenvalue weighted by molar-refractivity contribution is 7.12. The lowest BCUT2D eigenvalue weighted by molar-refractivity contribution is -0.123. The first-order valence-electron chi connectivity index (χ1n) is 8.21. The highest BCUT2D eigenvalue weighted by atomic mass is 32.1. The van der Waals surface area contributed by atoms with Gasteiger partial charge in [-0.25, -0.2) is 4.79 Å². The zero-order valence-electron chi connectivity index (χ0n) is 15.0. The number of carbonyl (C=O) groups excluding carboxylic acids is 2. The molecule has 0 aliphatic carbocycles. The van der Waals surface area contributed by atoms with E-state index in [1.165, 1.54) is 9.75 Å². The van der Waals surface area contributed by atoms with Gasteiger partial charge in [0, 0.05) is 9.75 Å². The Hall–Kier alpha value is -2.34. The lowest BCUT2D eigenvalue weighted by Gasteiger charge is -2.18. The maximum absolute atomic E-state index is 12.3. The Morgan fingerprint density at radius 1 is 1.12 bits per heavy atom. The summed E-state index contributed by atoms with van der Waals surface area (Å²) in [5.41, 5.74) is 2.00. The first-order valence-corrected chi connectivity index (χ1v) is 9.03. The van der Waals surface area contributed by atoms with E-state index in [-0.39, 0.29) is 18.6 Å². The highest BCUT2D eigenvalue weighted by Gasteiger charge is 2.20. The number of ether oxygens (including phenoxy) is 1. The predicted molar refractivity (Wildman–Crippen MR) is 99.6 cm³/mol. The molecule has 2 unspecified atom stereocenters. The smallest absolute Gasteiger partial charge is 0.408 e. The molecule has 0 saturated carbocycles. The van der Waals surface area contributed by atoms with Gasteiger partial charge in [0.15, 0.2) is 0 Å². The van der Waals surface area contributed by atoms with Crippen molar-refractivity contribution in [1.29, 1.82) is 0 Å². The molecule has 0 aliphatic heterocycles. The summed E-state index contributed by atoms with van der Waals surface area (Å²) in [6, 6.07) is 10.7. The normalized spacial score (nSPS) is 13.0. The average molecular weight is 360 g/mol. The molecule has 2 N–H and O–H groups in total. The molecule has 1 aromatic carbocycles. The van der Waals surface area contributed by atoms with Gasteiger partial charge in [0.1, 0.15) is 12.6 Å². The fourth-order valence-electron chi connectivity index (χ4n) is 2.50. The molecule has 5 nitrogen and oxygen atoms in total. The van der Waals surface area contributed by atoms with Gasteiger partial charge in [-0.05, 0) is 44.9 Å². The zero-order valence-corrected chi connectivity index (χ0v) is 15.8. The fourth-order valence-corrected chi connectivity index (χ4v) is 3.53. The highest BCUT2D eigenvalue weighted by Crippen LogP contribution is 2.26. The van der Waals surface area contributed by atoms with Crippen LogP contribution in [0.1, 0.15) is 40.8 Å². The lowest BCUT2D eigenvalue weighted by Crippen LogP contribution is -2.45. The molecule has 0 spiro atoms. The Morgan fingerprint density at radius 2 is 1.80 bits per heavy atom. The van der Waals surface area contributed by atoms with Crippen LogP contribution in [0.25, 0.3) is 0 Å². The fraction of sp³-hybridized carbons (Fsp3) is 0.368. The maximum atomic E-state index is 12.3. The number of carbonyl (C=O) groups is 2. The Bertz CT molecular complexity index is 728. The van der Waals surface area contributed by atoms with Crippen LogP contribution in [0.5, 0.6) is 0 Å². The number of rotatable bonds is 6. The largest absolute Gasteiger partial charge is 0.445 e. The molecule has 2 aromatic rings. The molecule has 2 atom stereocenters. The summed E-state index contributed by atoms with van der Waals surface area (Å²) in [4.78, 5) is 26.5. The molecule has 1 heterocycles. The third-order valence-electron chi connectivity index (χ3n) is 3.85. The van der Waals surface area contributed by atoms with Gasteiger partial charge in [0.2, 0.25) is 5.91 Å². The number of aryl methyl sites for hydroxylation is 2. The first-order chi connectivity index (χ1) is 11.9. The van der Waals surface area contributed by atoms with Crippen LogP contribution in [0.2, 0.25) is 0 Å². The minimum Gasteiger partial charge on any atom is -0.445 e. The summed E-state index contributed by atoms with van der Waals surface area (Å²) in [5, 5.41) is 5.48. The zero-order chi connectivity index (χ0) is 18.4. The number of benzene rings is 1. The minimum absolute atomic E-state index is 0.109. The molecule has 2 amide bonds. The molecule has 0 radical (unpaired) electrons. The van der Waals surface area contributed by atoms with E-state index in [2.05, 4.69) is 16.7 Å². The van der Waals surface area contributed by atoms with Gasteiger partial charge in [-0.15, -0.1) is 11.3 Å². The summed E-state index contributed by atoms with van der Waals surface area (Å²) in [5.74, 6) is -0.243. The van der Waals surface area contributed by atoms with Crippen molar-refractivity contribution in [3.63, 3.8) is 0 Å². The second kappa shape index (κ2) is 8.67. The number of hydrogen-bond donors (Lipinski definition) is 2. The Morgan fingerprint density at radius 3 is 2.40 bits per heavy atom. The number of nitrogens with one attached hydrogen (secondary N) is 2. The van der Waals surface area contributed by atoms with E-state index in [4.69, 9.17) is 4.74 Å². The third kappa shape index (κ3) is 5.60.